The predicted molar refractivity (Wildman–Crippen MR) is 77.7 cm³/mol. The van der Waals surface area contributed by atoms with Crippen molar-refractivity contribution in [1.82, 2.24) is 10.2 Å². The van der Waals surface area contributed by atoms with Gasteiger partial charge in [0.05, 0.1) is 0 Å². The van der Waals surface area contributed by atoms with Gasteiger partial charge in [-0.3, -0.25) is 4.90 Å². The van der Waals surface area contributed by atoms with Crippen LogP contribution in [-0.2, 0) is 0 Å². The Bertz CT molecular complexity index is 372. The fourth-order valence-electron chi connectivity index (χ4n) is 3.33. The van der Waals surface area contributed by atoms with E-state index in [-0.39, 0.29) is 5.54 Å². The molecule has 0 aromatic heterocycles. The van der Waals surface area contributed by atoms with E-state index in [1.54, 1.807) is 0 Å². The average molecular weight is 246 g/mol. The van der Waals surface area contributed by atoms with Crippen LogP contribution >= 0.6 is 0 Å². The zero-order valence-corrected chi connectivity index (χ0v) is 12.1. The molecule has 2 nitrogen and oxygen atoms in total. The van der Waals surface area contributed by atoms with Crippen molar-refractivity contribution in [3.05, 3.63) is 35.9 Å². The van der Waals surface area contributed by atoms with Gasteiger partial charge < -0.3 is 5.32 Å². The predicted octanol–water partition coefficient (Wildman–Crippen LogP) is 3.21. The quantitative estimate of drug-likeness (QED) is 0.862. The molecular formula is C16H26N2. The van der Waals surface area contributed by atoms with Crippen molar-refractivity contribution in [2.45, 2.75) is 51.7 Å². The highest BCUT2D eigenvalue weighted by molar-refractivity contribution is 5.19. The van der Waals surface area contributed by atoms with E-state index in [4.69, 9.17) is 0 Å². The SMILES string of the molecule is CC1CCNCC(C)(C)N1C(C)c1ccccc1. The van der Waals surface area contributed by atoms with Crippen LogP contribution in [0.4, 0.5) is 0 Å². The molecular weight excluding hydrogens is 220 g/mol. The Morgan fingerprint density at radius 2 is 1.94 bits per heavy atom. The average Bonchev–Trinajstić information content (AvgIpc) is 2.48. The van der Waals surface area contributed by atoms with Crippen LogP contribution in [0.25, 0.3) is 0 Å². The summed E-state index contributed by atoms with van der Waals surface area (Å²) in [5, 5.41) is 3.56. The van der Waals surface area contributed by atoms with E-state index in [0.717, 1.165) is 13.1 Å². The van der Waals surface area contributed by atoms with Crippen LogP contribution in [0, 0.1) is 0 Å². The number of nitrogens with one attached hydrogen (secondary N) is 1. The van der Waals surface area contributed by atoms with Gasteiger partial charge in [-0.2, -0.15) is 0 Å². The number of benzene rings is 1. The molecule has 0 bridgehead atoms. The van der Waals surface area contributed by atoms with E-state index in [0.29, 0.717) is 12.1 Å². The van der Waals surface area contributed by atoms with Crippen LogP contribution in [-0.4, -0.2) is 29.6 Å². The van der Waals surface area contributed by atoms with E-state index in [9.17, 15) is 0 Å². The van der Waals surface area contributed by atoms with Gasteiger partial charge >= 0.3 is 0 Å². The molecule has 1 saturated heterocycles. The monoisotopic (exact) mass is 246 g/mol. The van der Waals surface area contributed by atoms with Gasteiger partial charge in [-0.05, 0) is 46.2 Å². The molecule has 18 heavy (non-hydrogen) atoms. The molecule has 1 aliphatic heterocycles. The Balaban J connectivity index is 2.27. The maximum atomic E-state index is 3.56. The molecule has 2 heteroatoms. The normalized spacial score (nSPS) is 26.6. The lowest BCUT2D eigenvalue weighted by molar-refractivity contribution is 0.0464. The van der Waals surface area contributed by atoms with Crippen LogP contribution < -0.4 is 5.32 Å². The fourth-order valence-corrected chi connectivity index (χ4v) is 3.33. The minimum atomic E-state index is 0.200. The zero-order valence-electron chi connectivity index (χ0n) is 12.1. The number of nitrogens with zero attached hydrogens (tertiary/aromatic N) is 1. The first-order valence-corrected chi connectivity index (χ1v) is 7.06. The maximum absolute atomic E-state index is 3.56. The molecule has 0 spiro atoms. The molecule has 100 valence electrons. The van der Waals surface area contributed by atoms with Crippen LogP contribution in [0.1, 0.15) is 45.7 Å². The third kappa shape index (κ3) is 2.76. The van der Waals surface area contributed by atoms with E-state index < -0.39 is 0 Å². The van der Waals surface area contributed by atoms with Gasteiger partial charge in [0.2, 0.25) is 0 Å². The lowest BCUT2D eigenvalue weighted by atomic mass is 9.95. The lowest BCUT2D eigenvalue weighted by Crippen LogP contribution is -2.52. The molecule has 1 aromatic carbocycles. The smallest absolute Gasteiger partial charge is 0.0328 e. The molecule has 0 aliphatic carbocycles. The fraction of sp³-hybridized carbons (Fsp3) is 0.625. The van der Waals surface area contributed by atoms with Crippen molar-refractivity contribution in [1.29, 1.82) is 0 Å². The van der Waals surface area contributed by atoms with E-state index in [2.05, 4.69) is 68.2 Å². The van der Waals surface area contributed by atoms with Gasteiger partial charge in [0.25, 0.3) is 0 Å². The van der Waals surface area contributed by atoms with Crippen molar-refractivity contribution in [2.75, 3.05) is 13.1 Å². The van der Waals surface area contributed by atoms with Crippen LogP contribution in [0.5, 0.6) is 0 Å². The Morgan fingerprint density at radius 1 is 1.28 bits per heavy atom. The molecule has 1 fully saturated rings. The summed E-state index contributed by atoms with van der Waals surface area (Å²) in [4.78, 5) is 2.67. The van der Waals surface area contributed by atoms with Crippen molar-refractivity contribution in [2.24, 2.45) is 0 Å². The topological polar surface area (TPSA) is 15.3 Å². The Kier molecular flexibility index (Phi) is 4.08. The van der Waals surface area contributed by atoms with Gasteiger partial charge in [0, 0.05) is 24.2 Å². The van der Waals surface area contributed by atoms with Crippen molar-refractivity contribution >= 4 is 0 Å². The summed E-state index contributed by atoms with van der Waals surface area (Å²) in [6.45, 7) is 11.6. The van der Waals surface area contributed by atoms with Crippen molar-refractivity contribution < 1.29 is 0 Å². The third-order valence-electron chi connectivity index (χ3n) is 4.17. The zero-order chi connectivity index (χ0) is 13.2. The van der Waals surface area contributed by atoms with E-state index in [1.165, 1.54) is 12.0 Å². The van der Waals surface area contributed by atoms with Gasteiger partial charge in [-0.15, -0.1) is 0 Å². The second-order valence-corrected chi connectivity index (χ2v) is 6.12. The first-order chi connectivity index (χ1) is 8.52. The summed E-state index contributed by atoms with van der Waals surface area (Å²) in [6, 6.07) is 11.9. The highest BCUT2D eigenvalue weighted by Gasteiger charge is 2.35. The van der Waals surface area contributed by atoms with Gasteiger partial charge in [0.15, 0.2) is 0 Å². The molecule has 2 atom stereocenters. The lowest BCUT2D eigenvalue weighted by Gasteiger charge is -2.45. The second kappa shape index (κ2) is 5.41. The minimum Gasteiger partial charge on any atom is -0.315 e. The Labute approximate surface area is 111 Å². The highest BCUT2D eigenvalue weighted by Crippen LogP contribution is 2.32. The molecule has 0 amide bonds. The van der Waals surface area contributed by atoms with E-state index >= 15 is 0 Å². The van der Waals surface area contributed by atoms with Gasteiger partial charge in [-0.25, -0.2) is 0 Å². The number of hydrogen-bond acceptors (Lipinski definition) is 2. The molecule has 1 N–H and O–H groups in total. The van der Waals surface area contributed by atoms with Crippen LogP contribution in [0.15, 0.2) is 30.3 Å². The summed E-state index contributed by atoms with van der Waals surface area (Å²) in [7, 11) is 0. The summed E-state index contributed by atoms with van der Waals surface area (Å²) in [6.07, 6.45) is 1.22. The Morgan fingerprint density at radius 3 is 2.61 bits per heavy atom. The molecule has 1 aromatic rings. The molecule has 0 saturated carbocycles. The van der Waals surface area contributed by atoms with Crippen molar-refractivity contribution in [3.63, 3.8) is 0 Å². The third-order valence-corrected chi connectivity index (χ3v) is 4.17. The highest BCUT2D eigenvalue weighted by atomic mass is 15.3. The first kappa shape index (κ1) is 13.6. The van der Waals surface area contributed by atoms with Gasteiger partial charge in [0.1, 0.15) is 0 Å². The molecule has 1 heterocycles. The minimum absolute atomic E-state index is 0.200. The summed E-state index contributed by atoms with van der Waals surface area (Å²) >= 11 is 0. The Hall–Kier alpha value is -0.860. The van der Waals surface area contributed by atoms with Gasteiger partial charge in [-0.1, -0.05) is 30.3 Å². The molecule has 0 radical (unpaired) electrons. The van der Waals surface area contributed by atoms with E-state index in [1.807, 2.05) is 0 Å². The standard InChI is InChI=1S/C16H26N2/c1-13-10-11-17-12-16(3,4)18(13)14(2)15-8-6-5-7-9-15/h5-9,13-14,17H,10-12H2,1-4H3. The van der Waals surface area contributed by atoms with Crippen molar-refractivity contribution in [3.8, 4) is 0 Å². The molecule has 2 unspecified atom stereocenters. The van der Waals surface area contributed by atoms with Crippen LogP contribution in [0.2, 0.25) is 0 Å². The largest absolute Gasteiger partial charge is 0.315 e. The van der Waals surface area contributed by atoms with Crippen LogP contribution in [0.3, 0.4) is 0 Å². The molecule has 2 rings (SSSR count). The summed E-state index contributed by atoms with van der Waals surface area (Å²) in [5.41, 5.74) is 1.62. The second-order valence-electron chi connectivity index (χ2n) is 6.12. The number of rotatable bonds is 2. The first-order valence-electron chi connectivity index (χ1n) is 7.06. The maximum Gasteiger partial charge on any atom is 0.0328 e. The molecule has 1 aliphatic rings. The summed E-state index contributed by atoms with van der Waals surface area (Å²) in [5.74, 6) is 0. The summed E-state index contributed by atoms with van der Waals surface area (Å²) < 4.78 is 0. The number of hydrogen-bond donors (Lipinski definition) is 1.